The van der Waals surface area contributed by atoms with E-state index in [4.69, 9.17) is 9.41 Å². The Bertz CT molecular complexity index is 697. The lowest BCUT2D eigenvalue weighted by molar-refractivity contribution is 0.206. The van der Waals surface area contributed by atoms with Gasteiger partial charge in [-0.3, -0.25) is 4.99 Å². The maximum atomic E-state index is 5.43. The van der Waals surface area contributed by atoms with E-state index in [1.807, 2.05) is 12.1 Å². The lowest BCUT2D eigenvalue weighted by Crippen LogP contribution is -2.49. The molecule has 1 aromatic carbocycles. The SMILES string of the molecule is CCCN1CCC(NC(=NCCc2ccco2)NC(C)c2ccccc2)CC1.I. The molecule has 2 N–H and O–H groups in total. The number of nitrogens with zero attached hydrogens (tertiary/aromatic N) is 2. The van der Waals surface area contributed by atoms with E-state index in [1.54, 1.807) is 6.26 Å². The quantitative estimate of drug-likeness (QED) is 0.310. The summed E-state index contributed by atoms with van der Waals surface area (Å²) in [6.45, 7) is 8.68. The molecule has 0 bridgehead atoms. The molecule has 1 unspecified atom stereocenters. The van der Waals surface area contributed by atoms with E-state index < -0.39 is 0 Å². The van der Waals surface area contributed by atoms with Crippen molar-refractivity contribution in [3.8, 4) is 0 Å². The zero-order valence-corrected chi connectivity index (χ0v) is 20.0. The standard InChI is InChI=1S/C23H34N4O.HI/c1-3-15-27-16-12-21(13-17-27)26-23(24-14-11-22-10-7-18-28-22)25-19(2)20-8-5-4-6-9-20;/h4-10,18-19,21H,3,11-17H2,1-2H3,(H2,24,25,26);1H. The van der Waals surface area contributed by atoms with Gasteiger partial charge >= 0.3 is 0 Å². The first kappa shape index (κ1) is 23.7. The van der Waals surface area contributed by atoms with Gasteiger partial charge < -0.3 is 20.0 Å². The van der Waals surface area contributed by atoms with Crippen molar-refractivity contribution in [2.75, 3.05) is 26.2 Å². The van der Waals surface area contributed by atoms with Crippen molar-refractivity contribution >= 4 is 29.9 Å². The van der Waals surface area contributed by atoms with Crippen LogP contribution >= 0.6 is 24.0 Å². The number of furan rings is 1. The van der Waals surface area contributed by atoms with E-state index in [2.05, 4.69) is 59.7 Å². The lowest BCUT2D eigenvalue weighted by atomic mass is 10.0. The third kappa shape index (κ3) is 8.01. The molecule has 0 spiro atoms. The molecule has 0 saturated carbocycles. The topological polar surface area (TPSA) is 52.8 Å². The van der Waals surface area contributed by atoms with Crippen LogP contribution in [0.4, 0.5) is 0 Å². The van der Waals surface area contributed by atoms with Gasteiger partial charge in [0.1, 0.15) is 5.76 Å². The van der Waals surface area contributed by atoms with Crippen LogP contribution in [0.2, 0.25) is 0 Å². The van der Waals surface area contributed by atoms with E-state index in [-0.39, 0.29) is 30.0 Å². The van der Waals surface area contributed by atoms with E-state index in [1.165, 1.54) is 44.5 Å². The van der Waals surface area contributed by atoms with Crippen LogP contribution in [0.25, 0.3) is 0 Å². The molecule has 29 heavy (non-hydrogen) atoms. The monoisotopic (exact) mass is 510 g/mol. The van der Waals surface area contributed by atoms with Gasteiger partial charge in [0.2, 0.25) is 0 Å². The Hall–Kier alpha value is -1.54. The first-order valence-corrected chi connectivity index (χ1v) is 10.6. The first-order valence-electron chi connectivity index (χ1n) is 10.6. The predicted molar refractivity (Wildman–Crippen MR) is 131 cm³/mol. The summed E-state index contributed by atoms with van der Waals surface area (Å²) >= 11 is 0. The van der Waals surface area contributed by atoms with E-state index in [9.17, 15) is 0 Å². The fourth-order valence-corrected chi connectivity index (χ4v) is 3.71. The van der Waals surface area contributed by atoms with Crippen molar-refractivity contribution in [1.29, 1.82) is 0 Å². The summed E-state index contributed by atoms with van der Waals surface area (Å²) in [5.74, 6) is 1.88. The molecular weight excluding hydrogens is 475 g/mol. The van der Waals surface area contributed by atoms with Gasteiger partial charge in [-0.25, -0.2) is 0 Å². The number of guanidine groups is 1. The van der Waals surface area contributed by atoms with E-state index in [0.717, 1.165) is 18.1 Å². The highest BCUT2D eigenvalue weighted by Gasteiger charge is 2.20. The van der Waals surface area contributed by atoms with Gasteiger partial charge in [0.15, 0.2) is 5.96 Å². The number of rotatable bonds is 8. The second-order valence-electron chi connectivity index (χ2n) is 7.60. The molecule has 5 nitrogen and oxygen atoms in total. The Morgan fingerprint density at radius 2 is 1.93 bits per heavy atom. The number of benzene rings is 1. The third-order valence-electron chi connectivity index (χ3n) is 5.33. The molecule has 0 radical (unpaired) electrons. The molecule has 6 heteroatoms. The fraction of sp³-hybridized carbons (Fsp3) is 0.522. The van der Waals surface area contributed by atoms with Crippen LogP contribution in [0.1, 0.15) is 50.5 Å². The van der Waals surface area contributed by atoms with Crippen molar-refractivity contribution in [2.45, 2.75) is 51.6 Å². The molecule has 1 fully saturated rings. The average molecular weight is 510 g/mol. The number of piperidine rings is 1. The average Bonchev–Trinajstić information content (AvgIpc) is 3.24. The Kier molecular flexibility index (Phi) is 10.6. The smallest absolute Gasteiger partial charge is 0.191 e. The Morgan fingerprint density at radius 3 is 2.59 bits per heavy atom. The summed E-state index contributed by atoms with van der Waals surface area (Å²) < 4.78 is 5.43. The normalized spacial score (nSPS) is 16.8. The maximum absolute atomic E-state index is 5.43. The Balaban J connectivity index is 0.00000300. The molecule has 1 saturated heterocycles. The van der Waals surface area contributed by atoms with Crippen molar-refractivity contribution in [2.24, 2.45) is 4.99 Å². The minimum absolute atomic E-state index is 0. The molecule has 0 aliphatic carbocycles. The molecule has 1 aliphatic rings. The van der Waals surface area contributed by atoms with Gasteiger partial charge in [0.25, 0.3) is 0 Å². The van der Waals surface area contributed by atoms with Gasteiger partial charge in [-0.15, -0.1) is 24.0 Å². The zero-order valence-electron chi connectivity index (χ0n) is 17.6. The number of nitrogens with one attached hydrogen (secondary N) is 2. The number of aliphatic imine (C=N–C) groups is 1. The predicted octanol–water partition coefficient (Wildman–Crippen LogP) is 4.61. The molecule has 1 aromatic heterocycles. The van der Waals surface area contributed by atoms with Crippen LogP contribution in [-0.4, -0.2) is 43.1 Å². The molecule has 3 rings (SSSR count). The van der Waals surface area contributed by atoms with Gasteiger partial charge in [-0.05, 0) is 50.4 Å². The molecular formula is C23H35IN4O. The number of hydrogen-bond donors (Lipinski definition) is 2. The molecule has 1 aliphatic heterocycles. The summed E-state index contributed by atoms with van der Waals surface area (Å²) in [6, 6.07) is 15.1. The maximum Gasteiger partial charge on any atom is 0.191 e. The number of likely N-dealkylation sites (tertiary alicyclic amines) is 1. The molecule has 2 aromatic rings. The highest BCUT2D eigenvalue weighted by molar-refractivity contribution is 14.0. The fourth-order valence-electron chi connectivity index (χ4n) is 3.71. The first-order chi connectivity index (χ1) is 13.7. The summed E-state index contributed by atoms with van der Waals surface area (Å²) in [5, 5.41) is 7.27. The number of halogens is 1. The van der Waals surface area contributed by atoms with Gasteiger partial charge in [0.05, 0.1) is 12.3 Å². The summed E-state index contributed by atoms with van der Waals surface area (Å²) in [6.07, 6.45) is 6.09. The minimum Gasteiger partial charge on any atom is -0.469 e. The second-order valence-corrected chi connectivity index (χ2v) is 7.60. The van der Waals surface area contributed by atoms with Crippen LogP contribution < -0.4 is 10.6 Å². The molecule has 1 atom stereocenters. The summed E-state index contributed by atoms with van der Waals surface area (Å²) in [4.78, 5) is 7.40. The van der Waals surface area contributed by atoms with Crippen molar-refractivity contribution in [3.63, 3.8) is 0 Å². The minimum atomic E-state index is 0. The highest BCUT2D eigenvalue weighted by atomic mass is 127. The van der Waals surface area contributed by atoms with Crippen LogP contribution in [0.3, 0.4) is 0 Å². The van der Waals surface area contributed by atoms with Crippen LogP contribution in [0.15, 0.2) is 58.1 Å². The van der Waals surface area contributed by atoms with Crippen molar-refractivity contribution in [1.82, 2.24) is 15.5 Å². The van der Waals surface area contributed by atoms with Gasteiger partial charge in [-0.1, -0.05) is 37.3 Å². The lowest BCUT2D eigenvalue weighted by Gasteiger charge is -2.33. The summed E-state index contributed by atoms with van der Waals surface area (Å²) in [5.41, 5.74) is 1.26. The molecule has 2 heterocycles. The van der Waals surface area contributed by atoms with E-state index >= 15 is 0 Å². The van der Waals surface area contributed by atoms with Gasteiger partial charge in [-0.2, -0.15) is 0 Å². The third-order valence-corrected chi connectivity index (χ3v) is 5.33. The Morgan fingerprint density at radius 1 is 1.17 bits per heavy atom. The summed E-state index contributed by atoms with van der Waals surface area (Å²) in [7, 11) is 0. The van der Waals surface area contributed by atoms with Gasteiger partial charge in [0, 0.05) is 32.1 Å². The zero-order chi connectivity index (χ0) is 19.6. The van der Waals surface area contributed by atoms with Crippen LogP contribution in [-0.2, 0) is 6.42 Å². The van der Waals surface area contributed by atoms with Crippen molar-refractivity contribution in [3.05, 3.63) is 60.1 Å². The van der Waals surface area contributed by atoms with Crippen molar-refractivity contribution < 1.29 is 4.42 Å². The largest absolute Gasteiger partial charge is 0.469 e. The highest BCUT2D eigenvalue weighted by Crippen LogP contribution is 2.13. The van der Waals surface area contributed by atoms with Crippen LogP contribution in [0.5, 0.6) is 0 Å². The number of hydrogen-bond acceptors (Lipinski definition) is 3. The Labute approximate surface area is 192 Å². The van der Waals surface area contributed by atoms with E-state index in [0.29, 0.717) is 12.6 Å². The van der Waals surface area contributed by atoms with Crippen LogP contribution in [0, 0.1) is 0 Å². The molecule has 160 valence electrons. The molecule has 0 amide bonds. The second kappa shape index (κ2) is 12.9.